The maximum Gasteiger partial charge on any atom is 0.277 e. The van der Waals surface area contributed by atoms with E-state index in [9.17, 15) is 4.79 Å². The molecule has 100 valence electrons. The Morgan fingerprint density at radius 2 is 2.00 bits per heavy atom. The van der Waals surface area contributed by atoms with E-state index in [1.54, 1.807) is 24.3 Å². The van der Waals surface area contributed by atoms with Crippen LogP contribution in [-0.2, 0) is 6.54 Å². The molecule has 3 aromatic rings. The molecule has 5 nitrogen and oxygen atoms in total. The van der Waals surface area contributed by atoms with Gasteiger partial charge in [-0.3, -0.25) is 4.79 Å². The van der Waals surface area contributed by atoms with E-state index in [1.165, 1.54) is 4.68 Å². The summed E-state index contributed by atoms with van der Waals surface area (Å²) in [6.07, 6.45) is 0. The van der Waals surface area contributed by atoms with Gasteiger partial charge >= 0.3 is 0 Å². The van der Waals surface area contributed by atoms with Gasteiger partial charge in [0, 0.05) is 10.2 Å². The average Bonchev–Trinajstić information content (AvgIpc) is 2.45. The Hall–Kier alpha value is -2.21. The monoisotopic (exact) mass is 330 g/mol. The number of anilines is 1. The molecule has 0 aliphatic carbocycles. The highest BCUT2D eigenvalue weighted by atomic mass is 79.9. The summed E-state index contributed by atoms with van der Waals surface area (Å²) in [6.45, 7) is 0.345. The van der Waals surface area contributed by atoms with Crippen LogP contribution < -0.4 is 11.3 Å². The summed E-state index contributed by atoms with van der Waals surface area (Å²) < 4.78 is 2.19. The number of hydrogen-bond donors (Lipinski definition) is 1. The zero-order valence-electron chi connectivity index (χ0n) is 10.5. The molecular formula is C14H11BrN4O. The molecule has 0 spiro atoms. The fourth-order valence-corrected chi connectivity index (χ4v) is 2.50. The molecule has 0 atom stereocenters. The van der Waals surface area contributed by atoms with Gasteiger partial charge in [0.2, 0.25) is 0 Å². The van der Waals surface area contributed by atoms with Crippen LogP contribution in [0.1, 0.15) is 5.56 Å². The largest absolute Gasteiger partial charge is 0.399 e. The van der Waals surface area contributed by atoms with Crippen LogP contribution in [0.4, 0.5) is 5.69 Å². The Kier molecular flexibility index (Phi) is 3.23. The summed E-state index contributed by atoms with van der Waals surface area (Å²) in [4.78, 5) is 12.3. The van der Waals surface area contributed by atoms with Gasteiger partial charge < -0.3 is 5.73 Å². The molecule has 0 bridgehead atoms. The van der Waals surface area contributed by atoms with Crippen LogP contribution in [0.25, 0.3) is 10.9 Å². The molecular weight excluding hydrogens is 320 g/mol. The lowest BCUT2D eigenvalue weighted by atomic mass is 10.2. The summed E-state index contributed by atoms with van der Waals surface area (Å²) in [5, 5.41) is 8.59. The van der Waals surface area contributed by atoms with Gasteiger partial charge in [0.05, 0.1) is 11.9 Å². The first-order valence-corrected chi connectivity index (χ1v) is 6.81. The zero-order chi connectivity index (χ0) is 14.1. The lowest BCUT2D eigenvalue weighted by molar-refractivity contribution is 0.599. The SMILES string of the molecule is Nc1ccc(Cn2nnc3ccccc3c2=O)c(Br)c1. The van der Waals surface area contributed by atoms with Crippen molar-refractivity contribution in [2.75, 3.05) is 5.73 Å². The van der Waals surface area contributed by atoms with Crippen molar-refractivity contribution < 1.29 is 0 Å². The van der Waals surface area contributed by atoms with E-state index in [0.29, 0.717) is 23.1 Å². The van der Waals surface area contributed by atoms with Gasteiger partial charge in [0.1, 0.15) is 5.52 Å². The van der Waals surface area contributed by atoms with Crippen LogP contribution in [0.5, 0.6) is 0 Å². The smallest absolute Gasteiger partial charge is 0.277 e. The fourth-order valence-electron chi connectivity index (χ4n) is 1.98. The van der Waals surface area contributed by atoms with Gasteiger partial charge in [-0.05, 0) is 29.8 Å². The van der Waals surface area contributed by atoms with Crippen LogP contribution >= 0.6 is 15.9 Å². The van der Waals surface area contributed by atoms with Gasteiger partial charge in [-0.2, -0.15) is 0 Å². The number of halogens is 1. The third-order valence-electron chi connectivity index (χ3n) is 3.03. The number of nitrogens with two attached hydrogens (primary N) is 1. The minimum atomic E-state index is -0.153. The zero-order valence-corrected chi connectivity index (χ0v) is 12.0. The van der Waals surface area contributed by atoms with Crippen LogP contribution in [0.15, 0.2) is 51.7 Å². The number of benzene rings is 2. The second kappa shape index (κ2) is 5.05. The molecule has 0 unspecified atom stereocenters. The van der Waals surface area contributed by atoms with Crippen LogP contribution in [-0.4, -0.2) is 15.0 Å². The number of nitrogens with zero attached hydrogens (tertiary/aromatic N) is 3. The molecule has 0 aliphatic heterocycles. The lowest BCUT2D eigenvalue weighted by Crippen LogP contribution is -2.24. The van der Waals surface area contributed by atoms with Crippen LogP contribution in [0.3, 0.4) is 0 Å². The second-order valence-electron chi connectivity index (χ2n) is 4.42. The topological polar surface area (TPSA) is 73.8 Å². The first-order valence-electron chi connectivity index (χ1n) is 6.01. The van der Waals surface area contributed by atoms with Gasteiger partial charge in [0.25, 0.3) is 5.56 Å². The fraction of sp³-hybridized carbons (Fsp3) is 0.0714. The van der Waals surface area contributed by atoms with Crippen molar-refractivity contribution in [2.24, 2.45) is 0 Å². The van der Waals surface area contributed by atoms with Crippen molar-refractivity contribution in [3.63, 3.8) is 0 Å². The van der Waals surface area contributed by atoms with Crippen molar-refractivity contribution in [1.29, 1.82) is 0 Å². The van der Waals surface area contributed by atoms with Crippen molar-refractivity contribution in [2.45, 2.75) is 6.54 Å². The van der Waals surface area contributed by atoms with Gasteiger partial charge in [-0.15, -0.1) is 5.10 Å². The highest BCUT2D eigenvalue weighted by molar-refractivity contribution is 9.10. The quantitative estimate of drug-likeness (QED) is 0.731. The summed E-state index contributed by atoms with van der Waals surface area (Å²) in [6, 6.07) is 12.6. The van der Waals surface area contributed by atoms with E-state index < -0.39 is 0 Å². The van der Waals surface area contributed by atoms with Crippen molar-refractivity contribution in [3.05, 3.63) is 62.9 Å². The number of hydrogen-bond acceptors (Lipinski definition) is 4. The Morgan fingerprint density at radius 1 is 1.20 bits per heavy atom. The maximum atomic E-state index is 12.3. The van der Waals surface area contributed by atoms with Gasteiger partial charge in [0.15, 0.2) is 0 Å². The molecule has 3 rings (SSSR count). The van der Waals surface area contributed by atoms with E-state index in [-0.39, 0.29) is 5.56 Å². The van der Waals surface area contributed by atoms with E-state index in [4.69, 9.17) is 5.73 Å². The van der Waals surface area contributed by atoms with E-state index >= 15 is 0 Å². The van der Waals surface area contributed by atoms with Crippen LogP contribution in [0.2, 0.25) is 0 Å². The summed E-state index contributed by atoms with van der Waals surface area (Å²) in [7, 11) is 0. The summed E-state index contributed by atoms with van der Waals surface area (Å²) in [5.41, 5.74) is 7.73. The Morgan fingerprint density at radius 3 is 2.80 bits per heavy atom. The Bertz CT molecular complexity index is 844. The molecule has 2 N–H and O–H groups in total. The second-order valence-corrected chi connectivity index (χ2v) is 5.27. The van der Waals surface area contributed by atoms with Gasteiger partial charge in [-0.1, -0.05) is 39.3 Å². The molecule has 20 heavy (non-hydrogen) atoms. The normalized spacial score (nSPS) is 10.8. The minimum absolute atomic E-state index is 0.153. The molecule has 0 saturated carbocycles. The number of fused-ring (bicyclic) bond motifs is 1. The molecule has 0 amide bonds. The van der Waals surface area contributed by atoms with Crippen molar-refractivity contribution in [3.8, 4) is 0 Å². The molecule has 0 aliphatic rings. The van der Waals surface area contributed by atoms with E-state index in [1.807, 2.05) is 18.2 Å². The standard InChI is InChI=1S/C14H11BrN4O/c15-12-7-10(16)6-5-9(12)8-19-14(20)11-3-1-2-4-13(11)17-18-19/h1-7H,8,16H2. The summed E-state index contributed by atoms with van der Waals surface area (Å²) >= 11 is 3.44. The predicted octanol–water partition coefficient (Wildman–Crippen LogP) is 2.18. The molecule has 1 aromatic heterocycles. The number of aromatic nitrogens is 3. The van der Waals surface area contributed by atoms with Crippen molar-refractivity contribution >= 4 is 32.5 Å². The first kappa shape index (κ1) is 12.8. The highest BCUT2D eigenvalue weighted by Crippen LogP contribution is 2.20. The third-order valence-corrected chi connectivity index (χ3v) is 3.76. The third kappa shape index (κ3) is 2.30. The Balaban J connectivity index is 2.07. The first-order chi connectivity index (χ1) is 9.65. The summed E-state index contributed by atoms with van der Waals surface area (Å²) in [5.74, 6) is 0. The average molecular weight is 331 g/mol. The lowest BCUT2D eigenvalue weighted by Gasteiger charge is -2.07. The number of nitrogen functional groups attached to an aromatic ring is 1. The molecule has 2 aromatic carbocycles. The molecule has 1 heterocycles. The van der Waals surface area contributed by atoms with E-state index in [0.717, 1.165) is 10.0 Å². The predicted molar refractivity (Wildman–Crippen MR) is 81.5 cm³/mol. The van der Waals surface area contributed by atoms with E-state index in [2.05, 4.69) is 26.2 Å². The maximum absolute atomic E-state index is 12.3. The molecule has 0 fully saturated rings. The van der Waals surface area contributed by atoms with Crippen LogP contribution in [0, 0.1) is 0 Å². The Labute approximate surface area is 123 Å². The highest BCUT2D eigenvalue weighted by Gasteiger charge is 2.07. The molecule has 0 radical (unpaired) electrons. The van der Waals surface area contributed by atoms with Gasteiger partial charge in [-0.25, -0.2) is 4.68 Å². The molecule has 0 saturated heterocycles. The molecule has 6 heteroatoms. The number of rotatable bonds is 2. The minimum Gasteiger partial charge on any atom is -0.399 e. The van der Waals surface area contributed by atoms with Crippen molar-refractivity contribution in [1.82, 2.24) is 15.0 Å².